The van der Waals surface area contributed by atoms with Crippen LogP contribution in [0.5, 0.6) is 0 Å². The van der Waals surface area contributed by atoms with Crippen molar-refractivity contribution >= 4 is 0 Å². The molecule has 1 atom stereocenters. The molecule has 0 bridgehead atoms. The Kier molecular flexibility index (Phi) is 2.50. The van der Waals surface area contributed by atoms with Gasteiger partial charge >= 0.3 is 0 Å². The molecule has 0 aromatic heterocycles. The quantitative estimate of drug-likeness (QED) is 0.728. The van der Waals surface area contributed by atoms with Gasteiger partial charge in [-0.3, -0.25) is 0 Å². The van der Waals surface area contributed by atoms with Crippen LogP contribution >= 0.6 is 0 Å². The maximum absolute atomic E-state index is 13.2. The smallest absolute Gasteiger partial charge is 0.129 e. The molecule has 14 heavy (non-hydrogen) atoms. The molecule has 1 aromatic rings. The first-order chi connectivity index (χ1) is 6.68. The zero-order chi connectivity index (χ0) is 10.1. The third-order valence-electron chi connectivity index (χ3n) is 2.83. The highest BCUT2D eigenvalue weighted by atomic mass is 19.1. The number of hydrogen-bond acceptors (Lipinski definition) is 1. The largest absolute Gasteiger partial charge is 0.316 e. The Balaban J connectivity index is 2.34. The Morgan fingerprint density at radius 2 is 1.93 bits per heavy atom. The van der Waals surface area contributed by atoms with Crippen LogP contribution in [0.2, 0.25) is 0 Å². The fourth-order valence-corrected chi connectivity index (χ4v) is 1.84. The molecule has 1 fully saturated rings. The van der Waals surface area contributed by atoms with E-state index in [1.165, 1.54) is 19.1 Å². The van der Waals surface area contributed by atoms with Crippen LogP contribution in [0.1, 0.15) is 23.5 Å². The van der Waals surface area contributed by atoms with Crippen LogP contribution < -0.4 is 5.32 Å². The molecule has 1 aliphatic rings. The van der Waals surface area contributed by atoms with Crippen LogP contribution in [0.4, 0.5) is 8.78 Å². The van der Waals surface area contributed by atoms with Gasteiger partial charge in [-0.1, -0.05) is 0 Å². The van der Waals surface area contributed by atoms with Gasteiger partial charge in [0.25, 0.3) is 0 Å². The summed E-state index contributed by atoms with van der Waals surface area (Å²) in [6.07, 6.45) is 0.960. The van der Waals surface area contributed by atoms with Crippen molar-refractivity contribution in [2.24, 2.45) is 0 Å². The van der Waals surface area contributed by atoms with E-state index in [4.69, 9.17) is 0 Å². The van der Waals surface area contributed by atoms with Gasteiger partial charge in [-0.2, -0.15) is 0 Å². The minimum absolute atomic E-state index is 0.111. The first kappa shape index (κ1) is 9.59. The second-order valence-electron chi connectivity index (χ2n) is 3.80. The summed E-state index contributed by atoms with van der Waals surface area (Å²) < 4.78 is 26.5. The van der Waals surface area contributed by atoms with Gasteiger partial charge < -0.3 is 5.32 Å². The Bertz CT molecular complexity index is 320. The minimum Gasteiger partial charge on any atom is -0.316 e. The van der Waals surface area contributed by atoms with Crippen LogP contribution in [-0.4, -0.2) is 13.1 Å². The van der Waals surface area contributed by atoms with E-state index >= 15 is 0 Å². The fraction of sp³-hybridized carbons (Fsp3) is 0.455. The van der Waals surface area contributed by atoms with Crippen LogP contribution in [0.15, 0.2) is 12.1 Å². The lowest BCUT2D eigenvalue weighted by molar-refractivity contribution is 0.560. The molecule has 0 aliphatic carbocycles. The van der Waals surface area contributed by atoms with E-state index in [1.807, 2.05) is 0 Å². The van der Waals surface area contributed by atoms with Crippen molar-refractivity contribution in [2.75, 3.05) is 13.1 Å². The Morgan fingerprint density at radius 1 is 1.29 bits per heavy atom. The first-order valence-corrected chi connectivity index (χ1v) is 4.84. The number of rotatable bonds is 1. The molecule has 76 valence electrons. The standard InChI is InChI=1S/C11H13F2N/c1-7-10(12)4-9(5-11(7)13)8-2-3-14-6-8/h4-5,8,14H,2-3,6H2,1H3. The lowest BCUT2D eigenvalue weighted by atomic mass is 9.97. The van der Waals surface area contributed by atoms with Gasteiger partial charge in [-0.15, -0.1) is 0 Å². The molecule has 1 saturated heterocycles. The summed E-state index contributed by atoms with van der Waals surface area (Å²) in [5.41, 5.74) is 0.885. The number of halogens is 2. The molecule has 1 aromatic carbocycles. The summed E-state index contributed by atoms with van der Waals surface area (Å²) in [6.45, 7) is 3.21. The van der Waals surface area contributed by atoms with Gasteiger partial charge in [-0.05, 0) is 43.5 Å². The molecule has 1 nitrogen and oxygen atoms in total. The summed E-state index contributed by atoms with van der Waals surface area (Å²) in [6, 6.07) is 2.91. The number of benzene rings is 1. The minimum atomic E-state index is -0.438. The molecule has 1 aliphatic heterocycles. The van der Waals surface area contributed by atoms with Gasteiger partial charge in [-0.25, -0.2) is 8.78 Å². The van der Waals surface area contributed by atoms with Crippen molar-refractivity contribution in [3.8, 4) is 0 Å². The van der Waals surface area contributed by atoms with Gasteiger partial charge in [0.05, 0.1) is 0 Å². The molecule has 3 heteroatoms. The van der Waals surface area contributed by atoms with Crippen LogP contribution in [0.3, 0.4) is 0 Å². The zero-order valence-electron chi connectivity index (χ0n) is 8.11. The lowest BCUT2D eigenvalue weighted by Crippen LogP contribution is -2.08. The Morgan fingerprint density at radius 3 is 2.43 bits per heavy atom. The van der Waals surface area contributed by atoms with Gasteiger partial charge in [0.15, 0.2) is 0 Å². The normalized spacial score (nSPS) is 21.5. The molecule has 1 unspecified atom stereocenters. The average Bonchev–Trinajstić information content (AvgIpc) is 2.66. The zero-order valence-corrected chi connectivity index (χ0v) is 8.11. The second kappa shape index (κ2) is 3.65. The third kappa shape index (κ3) is 1.64. The maximum Gasteiger partial charge on any atom is 0.129 e. The van der Waals surface area contributed by atoms with Gasteiger partial charge in [0.1, 0.15) is 11.6 Å². The Hall–Kier alpha value is -0.960. The average molecular weight is 197 g/mol. The van der Waals surface area contributed by atoms with E-state index in [9.17, 15) is 8.78 Å². The molecule has 1 heterocycles. The summed E-state index contributed by atoms with van der Waals surface area (Å²) in [7, 11) is 0. The predicted octanol–water partition coefficient (Wildman–Crippen LogP) is 2.35. The second-order valence-corrected chi connectivity index (χ2v) is 3.80. The third-order valence-corrected chi connectivity index (χ3v) is 2.83. The fourth-order valence-electron chi connectivity index (χ4n) is 1.84. The molecule has 0 amide bonds. The summed E-state index contributed by atoms with van der Waals surface area (Å²) >= 11 is 0. The van der Waals surface area contributed by atoms with Crippen molar-refractivity contribution < 1.29 is 8.78 Å². The Labute approximate surface area is 82.1 Å². The predicted molar refractivity (Wildman–Crippen MR) is 51.3 cm³/mol. The molecule has 0 saturated carbocycles. The summed E-state index contributed by atoms with van der Waals surface area (Å²) in [5, 5.41) is 3.18. The molecule has 2 rings (SSSR count). The topological polar surface area (TPSA) is 12.0 Å². The summed E-state index contributed by atoms with van der Waals surface area (Å²) in [4.78, 5) is 0. The van der Waals surface area contributed by atoms with Crippen molar-refractivity contribution in [2.45, 2.75) is 19.3 Å². The van der Waals surface area contributed by atoms with E-state index in [1.54, 1.807) is 0 Å². The van der Waals surface area contributed by atoms with Crippen LogP contribution in [0, 0.1) is 18.6 Å². The van der Waals surface area contributed by atoms with E-state index < -0.39 is 11.6 Å². The van der Waals surface area contributed by atoms with E-state index in [0.29, 0.717) is 0 Å². The van der Waals surface area contributed by atoms with Gasteiger partial charge in [0.2, 0.25) is 0 Å². The van der Waals surface area contributed by atoms with Crippen molar-refractivity contribution in [3.63, 3.8) is 0 Å². The number of hydrogen-bond donors (Lipinski definition) is 1. The molecular weight excluding hydrogens is 184 g/mol. The monoisotopic (exact) mass is 197 g/mol. The van der Waals surface area contributed by atoms with Crippen molar-refractivity contribution in [1.29, 1.82) is 0 Å². The van der Waals surface area contributed by atoms with E-state index in [2.05, 4.69) is 5.32 Å². The summed E-state index contributed by atoms with van der Waals surface area (Å²) in [5.74, 6) is -0.613. The SMILES string of the molecule is Cc1c(F)cc(C2CCNC2)cc1F. The highest BCUT2D eigenvalue weighted by Gasteiger charge is 2.18. The first-order valence-electron chi connectivity index (χ1n) is 4.84. The van der Waals surface area contributed by atoms with Crippen molar-refractivity contribution in [3.05, 3.63) is 34.9 Å². The molecule has 1 N–H and O–H groups in total. The molecule has 0 radical (unpaired) electrons. The van der Waals surface area contributed by atoms with Crippen LogP contribution in [0.25, 0.3) is 0 Å². The van der Waals surface area contributed by atoms with Crippen LogP contribution in [-0.2, 0) is 0 Å². The molecule has 0 spiro atoms. The van der Waals surface area contributed by atoms with E-state index in [0.717, 1.165) is 25.1 Å². The van der Waals surface area contributed by atoms with Crippen molar-refractivity contribution in [1.82, 2.24) is 5.32 Å². The van der Waals surface area contributed by atoms with Gasteiger partial charge in [0, 0.05) is 12.1 Å². The highest BCUT2D eigenvalue weighted by molar-refractivity contribution is 5.28. The lowest BCUT2D eigenvalue weighted by Gasteiger charge is -2.10. The number of nitrogens with one attached hydrogen (secondary N) is 1. The molecular formula is C11H13F2N. The van der Waals surface area contributed by atoms with E-state index in [-0.39, 0.29) is 11.5 Å². The maximum atomic E-state index is 13.2. The highest BCUT2D eigenvalue weighted by Crippen LogP contribution is 2.25.